The largest absolute Gasteiger partial charge is 0.330 e. The number of sulfonamides is 1. The summed E-state index contributed by atoms with van der Waals surface area (Å²) in [4.78, 5) is 14.9. The molecule has 0 spiro atoms. The van der Waals surface area contributed by atoms with E-state index in [1.54, 1.807) is 36.4 Å². The van der Waals surface area contributed by atoms with Crippen molar-refractivity contribution in [2.45, 2.75) is 18.0 Å². The number of hydrogen-bond donors (Lipinski definition) is 1. The molecule has 0 heterocycles. The van der Waals surface area contributed by atoms with Gasteiger partial charge in [0.05, 0.1) is 16.5 Å². The molecule has 3 aromatic carbocycles. The minimum absolute atomic E-state index is 0.0423. The van der Waals surface area contributed by atoms with Gasteiger partial charge in [-0.1, -0.05) is 36.4 Å². The number of rotatable bonds is 9. The van der Waals surface area contributed by atoms with Gasteiger partial charge in [-0.25, -0.2) is 17.5 Å². The van der Waals surface area contributed by atoms with Gasteiger partial charge in [0, 0.05) is 25.2 Å². The average molecular weight is 464 g/mol. The summed E-state index contributed by atoms with van der Waals surface area (Å²) in [5, 5.41) is 9.00. The number of hydrogen-bond acceptors (Lipinski definition) is 4. The summed E-state index contributed by atoms with van der Waals surface area (Å²) in [6, 6.07) is 20.5. The van der Waals surface area contributed by atoms with Crippen LogP contribution in [0.5, 0.6) is 0 Å². The van der Waals surface area contributed by atoms with E-state index in [1.807, 2.05) is 6.07 Å². The fourth-order valence-electron chi connectivity index (χ4n) is 3.19. The highest BCUT2D eigenvalue weighted by atomic mass is 32.2. The van der Waals surface area contributed by atoms with E-state index < -0.39 is 21.7 Å². The molecule has 0 aliphatic carbocycles. The molecule has 0 saturated carbocycles. The predicted molar refractivity (Wildman–Crippen MR) is 123 cm³/mol. The summed E-state index contributed by atoms with van der Waals surface area (Å²) in [5.74, 6) is -0.830. The van der Waals surface area contributed by atoms with E-state index in [0.29, 0.717) is 11.1 Å². The molecule has 0 aromatic heterocycles. The minimum atomic E-state index is -3.81. The molecular formula is C25H22FN3O3S. The van der Waals surface area contributed by atoms with Crippen molar-refractivity contribution in [3.05, 3.63) is 114 Å². The summed E-state index contributed by atoms with van der Waals surface area (Å²) in [7, 11) is -3.81. The van der Waals surface area contributed by atoms with Gasteiger partial charge in [0.2, 0.25) is 10.0 Å². The summed E-state index contributed by atoms with van der Waals surface area (Å²) < 4.78 is 41.0. The average Bonchev–Trinajstić information content (AvgIpc) is 2.82. The number of carbonyl (C=O) groups is 1. The molecule has 6 nitrogen and oxygen atoms in total. The van der Waals surface area contributed by atoms with Crippen LogP contribution in [-0.4, -0.2) is 25.8 Å². The standard InChI is InChI=1S/C25H22FN3O3S/c1-2-13-28-33(31,32)24-8-4-6-22(15-24)25(30)29(18-21-5-3-7-23(26)14-21)17-20-11-9-19(16-27)10-12-20/h2-12,14-15,28H,1,13,17-18H2. The molecule has 168 valence electrons. The maximum absolute atomic E-state index is 13.7. The van der Waals surface area contributed by atoms with Crippen molar-refractivity contribution in [3.63, 3.8) is 0 Å². The number of nitriles is 1. The van der Waals surface area contributed by atoms with Gasteiger partial charge in [-0.3, -0.25) is 4.79 Å². The highest BCUT2D eigenvalue weighted by molar-refractivity contribution is 7.89. The quantitative estimate of drug-likeness (QED) is 0.486. The Morgan fingerprint density at radius 1 is 1.03 bits per heavy atom. The van der Waals surface area contributed by atoms with E-state index in [1.165, 1.54) is 47.4 Å². The lowest BCUT2D eigenvalue weighted by Crippen LogP contribution is -2.30. The highest BCUT2D eigenvalue weighted by Gasteiger charge is 2.20. The second-order valence-corrected chi connectivity index (χ2v) is 9.04. The maximum atomic E-state index is 13.7. The van der Waals surface area contributed by atoms with Crippen LogP contribution in [0.15, 0.2) is 90.3 Å². The Kier molecular flexibility index (Phi) is 7.72. The maximum Gasteiger partial charge on any atom is 0.254 e. The van der Waals surface area contributed by atoms with E-state index in [-0.39, 0.29) is 30.1 Å². The Balaban J connectivity index is 1.93. The molecule has 0 saturated heterocycles. The summed E-state index contributed by atoms with van der Waals surface area (Å²) in [6.45, 7) is 3.85. The summed E-state index contributed by atoms with van der Waals surface area (Å²) in [6.07, 6.45) is 1.42. The van der Waals surface area contributed by atoms with Crippen LogP contribution in [-0.2, 0) is 23.1 Å². The highest BCUT2D eigenvalue weighted by Crippen LogP contribution is 2.18. The van der Waals surface area contributed by atoms with Crippen LogP contribution in [0.25, 0.3) is 0 Å². The monoisotopic (exact) mass is 463 g/mol. The smallest absolute Gasteiger partial charge is 0.254 e. The minimum Gasteiger partial charge on any atom is -0.330 e. The van der Waals surface area contributed by atoms with Crippen LogP contribution in [0.3, 0.4) is 0 Å². The molecule has 0 unspecified atom stereocenters. The van der Waals surface area contributed by atoms with E-state index in [2.05, 4.69) is 11.3 Å². The second kappa shape index (κ2) is 10.7. The lowest BCUT2D eigenvalue weighted by molar-refractivity contribution is 0.0729. The van der Waals surface area contributed by atoms with Gasteiger partial charge in [0.25, 0.3) is 5.91 Å². The fourth-order valence-corrected chi connectivity index (χ4v) is 4.23. The van der Waals surface area contributed by atoms with Gasteiger partial charge in [-0.2, -0.15) is 5.26 Å². The van der Waals surface area contributed by atoms with Crippen molar-refractivity contribution in [2.24, 2.45) is 0 Å². The number of carbonyl (C=O) groups excluding carboxylic acids is 1. The van der Waals surface area contributed by atoms with Gasteiger partial charge in [0.15, 0.2) is 0 Å². The van der Waals surface area contributed by atoms with Gasteiger partial charge >= 0.3 is 0 Å². The topological polar surface area (TPSA) is 90.3 Å². The van der Waals surface area contributed by atoms with Crippen molar-refractivity contribution in [2.75, 3.05) is 6.54 Å². The van der Waals surface area contributed by atoms with Gasteiger partial charge in [0.1, 0.15) is 5.82 Å². The third-order valence-electron chi connectivity index (χ3n) is 4.82. The summed E-state index contributed by atoms with van der Waals surface area (Å²) >= 11 is 0. The first-order valence-electron chi connectivity index (χ1n) is 10.1. The zero-order valence-corrected chi connectivity index (χ0v) is 18.6. The van der Waals surface area contributed by atoms with Crippen LogP contribution in [0.2, 0.25) is 0 Å². The molecule has 0 aliphatic heterocycles. The zero-order valence-electron chi connectivity index (χ0n) is 17.7. The van der Waals surface area contributed by atoms with Crippen molar-refractivity contribution in [1.29, 1.82) is 5.26 Å². The second-order valence-electron chi connectivity index (χ2n) is 7.27. The Hall–Kier alpha value is -3.80. The molecule has 33 heavy (non-hydrogen) atoms. The van der Waals surface area contributed by atoms with E-state index in [0.717, 1.165) is 5.56 Å². The molecule has 0 radical (unpaired) electrons. The van der Waals surface area contributed by atoms with Crippen molar-refractivity contribution in [3.8, 4) is 6.07 Å². The molecule has 1 amide bonds. The van der Waals surface area contributed by atoms with Crippen molar-refractivity contribution in [1.82, 2.24) is 9.62 Å². The molecule has 0 fully saturated rings. The van der Waals surface area contributed by atoms with Crippen molar-refractivity contribution < 1.29 is 17.6 Å². The lowest BCUT2D eigenvalue weighted by atomic mass is 10.1. The fraction of sp³-hybridized carbons (Fsp3) is 0.120. The first-order chi connectivity index (χ1) is 15.8. The Bertz CT molecular complexity index is 1300. The van der Waals surface area contributed by atoms with Gasteiger partial charge in [-0.05, 0) is 53.6 Å². The van der Waals surface area contributed by atoms with Crippen LogP contribution < -0.4 is 4.72 Å². The zero-order chi connectivity index (χ0) is 23.8. The number of nitrogens with one attached hydrogen (secondary N) is 1. The summed E-state index contributed by atoms with van der Waals surface area (Å²) in [5.41, 5.74) is 2.04. The number of halogens is 1. The van der Waals surface area contributed by atoms with Gasteiger partial charge in [-0.15, -0.1) is 6.58 Å². The molecule has 8 heteroatoms. The Morgan fingerprint density at radius 3 is 2.39 bits per heavy atom. The lowest BCUT2D eigenvalue weighted by Gasteiger charge is -2.23. The molecule has 0 aliphatic rings. The van der Waals surface area contributed by atoms with E-state index in [4.69, 9.17) is 5.26 Å². The van der Waals surface area contributed by atoms with Gasteiger partial charge < -0.3 is 4.90 Å². The predicted octanol–water partition coefficient (Wildman–Crippen LogP) is 4.00. The Labute approximate surface area is 192 Å². The molecule has 3 rings (SSSR count). The number of benzene rings is 3. The third-order valence-corrected chi connectivity index (χ3v) is 6.24. The van der Waals surface area contributed by atoms with Crippen LogP contribution in [0, 0.1) is 17.1 Å². The first-order valence-corrected chi connectivity index (χ1v) is 11.5. The molecule has 0 bridgehead atoms. The SMILES string of the molecule is C=CCNS(=O)(=O)c1cccc(C(=O)N(Cc2ccc(C#N)cc2)Cc2cccc(F)c2)c1. The third kappa shape index (κ3) is 6.35. The van der Waals surface area contributed by atoms with E-state index in [9.17, 15) is 17.6 Å². The van der Waals surface area contributed by atoms with E-state index >= 15 is 0 Å². The molecule has 1 N–H and O–H groups in total. The normalized spacial score (nSPS) is 10.9. The Morgan fingerprint density at radius 2 is 1.73 bits per heavy atom. The van der Waals surface area contributed by atoms with Crippen LogP contribution in [0.4, 0.5) is 4.39 Å². The van der Waals surface area contributed by atoms with Crippen LogP contribution >= 0.6 is 0 Å². The number of amides is 1. The number of nitrogens with zero attached hydrogens (tertiary/aromatic N) is 2. The molecular weight excluding hydrogens is 441 g/mol. The van der Waals surface area contributed by atoms with Crippen molar-refractivity contribution >= 4 is 15.9 Å². The van der Waals surface area contributed by atoms with Crippen LogP contribution in [0.1, 0.15) is 27.0 Å². The molecule has 3 aromatic rings. The first kappa shape index (κ1) is 23.9. The molecule has 0 atom stereocenters.